The zero-order chi connectivity index (χ0) is 17.8. The Morgan fingerprint density at radius 1 is 1.12 bits per heavy atom. The molecule has 1 aromatic heterocycles. The molecule has 6 nitrogen and oxygen atoms in total. The highest BCUT2D eigenvalue weighted by Gasteiger charge is 2.14. The third kappa shape index (κ3) is 4.05. The summed E-state index contributed by atoms with van der Waals surface area (Å²) in [6.45, 7) is 1.68. The van der Waals surface area contributed by atoms with E-state index in [-0.39, 0.29) is 11.6 Å². The highest BCUT2D eigenvalue weighted by Crippen LogP contribution is 2.20. The molecule has 25 heavy (non-hydrogen) atoms. The first-order valence-corrected chi connectivity index (χ1v) is 7.72. The zero-order valence-electron chi connectivity index (χ0n) is 13.2. The summed E-state index contributed by atoms with van der Waals surface area (Å²) in [7, 11) is 0. The molecule has 3 rings (SSSR count). The molecule has 0 aliphatic rings. The van der Waals surface area contributed by atoms with E-state index in [9.17, 15) is 9.59 Å². The summed E-state index contributed by atoms with van der Waals surface area (Å²) in [6.07, 6.45) is 0. The van der Waals surface area contributed by atoms with E-state index in [1.54, 1.807) is 55.5 Å². The summed E-state index contributed by atoms with van der Waals surface area (Å²) >= 11 is 6.00. The van der Waals surface area contributed by atoms with Crippen molar-refractivity contribution < 1.29 is 18.8 Å². The molecule has 0 aliphatic heterocycles. The van der Waals surface area contributed by atoms with Gasteiger partial charge in [0, 0.05) is 11.8 Å². The maximum Gasteiger partial charge on any atom is 0.365 e. The van der Waals surface area contributed by atoms with Crippen molar-refractivity contribution in [3.05, 3.63) is 76.6 Å². The molecule has 0 bridgehead atoms. The van der Waals surface area contributed by atoms with Crippen molar-refractivity contribution in [2.75, 3.05) is 5.32 Å². The summed E-state index contributed by atoms with van der Waals surface area (Å²) in [4.78, 5) is 24.1. The van der Waals surface area contributed by atoms with Crippen LogP contribution in [-0.2, 0) is 0 Å². The van der Waals surface area contributed by atoms with Crippen LogP contribution in [0.5, 0.6) is 5.75 Å². The van der Waals surface area contributed by atoms with E-state index >= 15 is 0 Å². The number of carbonyl (C=O) groups is 2. The van der Waals surface area contributed by atoms with Crippen molar-refractivity contribution in [2.24, 2.45) is 0 Å². The average Bonchev–Trinajstić information content (AvgIpc) is 3.03. The minimum absolute atomic E-state index is 0.0913. The molecule has 0 fully saturated rings. The number of aromatic nitrogens is 1. The van der Waals surface area contributed by atoms with Gasteiger partial charge >= 0.3 is 5.97 Å². The predicted molar refractivity (Wildman–Crippen MR) is 92.0 cm³/mol. The van der Waals surface area contributed by atoms with E-state index < -0.39 is 5.97 Å². The van der Waals surface area contributed by atoms with Crippen molar-refractivity contribution in [3.63, 3.8) is 0 Å². The number of nitrogens with one attached hydrogen (secondary N) is 1. The molecular formula is C18H13ClN2O4. The third-order valence-corrected chi connectivity index (χ3v) is 3.61. The molecule has 1 heterocycles. The Hall–Kier alpha value is -3.12. The number of rotatable bonds is 4. The number of nitrogens with zero attached hydrogens (tertiary/aromatic N) is 1. The van der Waals surface area contributed by atoms with Gasteiger partial charge in [0.15, 0.2) is 5.69 Å². The molecule has 7 heteroatoms. The molecule has 1 amide bonds. The van der Waals surface area contributed by atoms with E-state index in [1.807, 2.05) is 0 Å². The normalized spacial score (nSPS) is 10.3. The second-order valence-corrected chi connectivity index (χ2v) is 5.58. The molecule has 0 aliphatic carbocycles. The second-order valence-electron chi connectivity index (χ2n) is 5.17. The summed E-state index contributed by atoms with van der Waals surface area (Å²) < 4.78 is 10.0. The van der Waals surface area contributed by atoms with Gasteiger partial charge in [0.25, 0.3) is 5.91 Å². The maximum absolute atomic E-state index is 12.2. The Kier molecular flexibility index (Phi) is 4.81. The van der Waals surface area contributed by atoms with E-state index in [4.69, 9.17) is 20.9 Å². The van der Waals surface area contributed by atoms with Gasteiger partial charge in [-0.1, -0.05) is 28.9 Å². The van der Waals surface area contributed by atoms with Crippen LogP contribution < -0.4 is 10.1 Å². The minimum atomic E-state index is -0.621. The number of amides is 1. The summed E-state index contributed by atoms with van der Waals surface area (Å²) in [6, 6.07) is 14.6. The highest BCUT2D eigenvalue weighted by molar-refractivity contribution is 6.34. The Bertz CT molecular complexity index is 919. The zero-order valence-corrected chi connectivity index (χ0v) is 13.9. The Morgan fingerprint density at radius 2 is 1.84 bits per heavy atom. The number of esters is 1. The Balaban J connectivity index is 1.65. The van der Waals surface area contributed by atoms with Gasteiger partial charge in [-0.05, 0) is 43.3 Å². The molecule has 126 valence electrons. The summed E-state index contributed by atoms with van der Waals surface area (Å²) in [5.74, 6) is -0.107. The third-order valence-electron chi connectivity index (χ3n) is 3.28. The smallest absolute Gasteiger partial charge is 0.365 e. The van der Waals surface area contributed by atoms with Gasteiger partial charge < -0.3 is 14.6 Å². The quantitative estimate of drug-likeness (QED) is 0.562. The van der Waals surface area contributed by atoms with E-state index in [2.05, 4.69) is 10.5 Å². The summed E-state index contributed by atoms with van der Waals surface area (Å²) in [5, 5.41) is 6.68. The molecule has 3 aromatic rings. The first kappa shape index (κ1) is 16.7. The van der Waals surface area contributed by atoms with Crippen LogP contribution in [-0.4, -0.2) is 17.0 Å². The fraction of sp³-hybridized carbons (Fsp3) is 0.0556. The highest BCUT2D eigenvalue weighted by atomic mass is 35.5. The lowest BCUT2D eigenvalue weighted by Gasteiger charge is -2.07. The minimum Gasteiger partial charge on any atom is -0.422 e. The number of aryl methyl sites for hydroxylation is 1. The van der Waals surface area contributed by atoms with Gasteiger partial charge in [-0.25, -0.2) is 4.79 Å². The maximum atomic E-state index is 12.2. The van der Waals surface area contributed by atoms with Crippen LogP contribution >= 0.6 is 11.6 Å². The van der Waals surface area contributed by atoms with Crippen molar-refractivity contribution >= 4 is 29.2 Å². The van der Waals surface area contributed by atoms with Crippen LogP contribution in [0.15, 0.2) is 59.1 Å². The number of hydrogen-bond donors (Lipinski definition) is 1. The first-order chi connectivity index (χ1) is 12.0. The van der Waals surface area contributed by atoms with Gasteiger partial charge in [0.2, 0.25) is 0 Å². The van der Waals surface area contributed by atoms with Crippen molar-refractivity contribution in [2.45, 2.75) is 6.92 Å². The monoisotopic (exact) mass is 356 g/mol. The standard InChI is InChI=1S/C18H13ClN2O4/c1-11-10-16(21-25-11)18(23)24-13-8-6-12(7-9-13)20-17(22)14-4-2-3-5-15(14)19/h2-10H,1H3,(H,20,22). The largest absolute Gasteiger partial charge is 0.422 e. The van der Waals surface area contributed by atoms with Crippen LogP contribution in [0.3, 0.4) is 0 Å². The van der Waals surface area contributed by atoms with Gasteiger partial charge in [0.1, 0.15) is 11.5 Å². The molecular weight excluding hydrogens is 344 g/mol. The van der Waals surface area contributed by atoms with E-state index in [1.165, 1.54) is 6.07 Å². The molecule has 0 unspecified atom stereocenters. The topological polar surface area (TPSA) is 81.4 Å². The average molecular weight is 357 g/mol. The van der Waals surface area contributed by atoms with Gasteiger partial charge in [-0.3, -0.25) is 4.79 Å². The molecule has 0 saturated carbocycles. The Labute approximate surface area is 148 Å². The van der Waals surface area contributed by atoms with E-state index in [0.717, 1.165) is 0 Å². The lowest BCUT2D eigenvalue weighted by molar-refractivity contribution is 0.0723. The van der Waals surface area contributed by atoms with Gasteiger partial charge in [0.05, 0.1) is 10.6 Å². The number of hydrogen-bond acceptors (Lipinski definition) is 5. The molecule has 0 atom stereocenters. The summed E-state index contributed by atoms with van der Waals surface area (Å²) in [5.41, 5.74) is 1.01. The van der Waals surface area contributed by atoms with Crippen LogP contribution in [0.25, 0.3) is 0 Å². The van der Waals surface area contributed by atoms with Crippen molar-refractivity contribution in [3.8, 4) is 5.75 Å². The number of anilines is 1. The van der Waals surface area contributed by atoms with Gasteiger partial charge in [-0.15, -0.1) is 0 Å². The molecule has 0 saturated heterocycles. The van der Waals surface area contributed by atoms with Gasteiger partial charge in [-0.2, -0.15) is 0 Å². The number of ether oxygens (including phenoxy) is 1. The SMILES string of the molecule is Cc1cc(C(=O)Oc2ccc(NC(=O)c3ccccc3Cl)cc2)no1. The van der Waals surface area contributed by atoms with Crippen LogP contribution in [0.4, 0.5) is 5.69 Å². The van der Waals surface area contributed by atoms with Crippen LogP contribution in [0.1, 0.15) is 26.6 Å². The molecule has 1 N–H and O–H groups in total. The fourth-order valence-corrected chi connectivity index (χ4v) is 2.29. The molecule has 0 radical (unpaired) electrons. The number of benzene rings is 2. The number of halogens is 1. The van der Waals surface area contributed by atoms with Crippen LogP contribution in [0.2, 0.25) is 5.02 Å². The van der Waals surface area contributed by atoms with Crippen molar-refractivity contribution in [1.29, 1.82) is 0 Å². The van der Waals surface area contributed by atoms with Crippen molar-refractivity contribution in [1.82, 2.24) is 5.16 Å². The Morgan fingerprint density at radius 3 is 2.48 bits per heavy atom. The molecule has 0 spiro atoms. The molecule has 2 aromatic carbocycles. The first-order valence-electron chi connectivity index (χ1n) is 7.34. The lowest BCUT2D eigenvalue weighted by atomic mass is 10.2. The number of carbonyl (C=O) groups excluding carboxylic acids is 2. The van der Waals surface area contributed by atoms with E-state index in [0.29, 0.717) is 27.8 Å². The second kappa shape index (κ2) is 7.19. The predicted octanol–water partition coefficient (Wildman–Crippen LogP) is 4.11. The lowest BCUT2D eigenvalue weighted by Crippen LogP contribution is -2.12. The fourth-order valence-electron chi connectivity index (χ4n) is 2.07. The van der Waals surface area contributed by atoms with Crippen LogP contribution in [0, 0.1) is 6.92 Å².